The summed E-state index contributed by atoms with van der Waals surface area (Å²) in [4.78, 5) is 25.3. The summed E-state index contributed by atoms with van der Waals surface area (Å²) in [6.07, 6.45) is 7.34. The van der Waals surface area contributed by atoms with Crippen LogP contribution in [0.5, 0.6) is 0 Å². The number of rotatable bonds is 4. The van der Waals surface area contributed by atoms with Crippen molar-refractivity contribution in [3.63, 3.8) is 0 Å². The Morgan fingerprint density at radius 3 is 1.48 bits per heavy atom. The van der Waals surface area contributed by atoms with Crippen LogP contribution >= 0.6 is 23.2 Å². The second kappa shape index (κ2) is 9.29. The first-order valence-corrected chi connectivity index (χ1v) is 10.8. The van der Waals surface area contributed by atoms with Gasteiger partial charge in [-0.3, -0.25) is 9.59 Å². The summed E-state index contributed by atoms with van der Waals surface area (Å²) in [5, 5.41) is 6.63. The van der Waals surface area contributed by atoms with Crippen LogP contribution in [-0.4, -0.2) is 34.7 Å². The number of hydrogen-bond acceptors (Lipinski definition) is 2. The Morgan fingerprint density at radius 1 is 0.741 bits per heavy atom. The summed E-state index contributed by atoms with van der Waals surface area (Å²) in [6, 6.07) is 5.68. The molecule has 1 aromatic rings. The molecule has 2 amide bonds. The predicted molar refractivity (Wildman–Crippen MR) is 110 cm³/mol. The number of aryl methyl sites for hydroxylation is 1. The quantitative estimate of drug-likeness (QED) is 0.714. The highest BCUT2D eigenvalue weighted by atomic mass is 35.5. The van der Waals surface area contributed by atoms with Crippen molar-refractivity contribution in [1.29, 1.82) is 0 Å². The van der Waals surface area contributed by atoms with Crippen molar-refractivity contribution in [3.05, 3.63) is 34.9 Å². The molecule has 0 spiro atoms. The van der Waals surface area contributed by atoms with E-state index in [0.29, 0.717) is 11.1 Å². The SMILES string of the molecule is Cc1cc(C(=O)NC2CCC(Cl)CC2)cc(C(=O)NC2CCC(Cl)CC2)c1. The Hall–Kier alpha value is -1.26. The molecule has 4 nitrogen and oxygen atoms in total. The topological polar surface area (TPSA) is 58.2 Å². The number of carbonyl (C=O) groups excluding carboxylic acids is 2. The first kappa shape index (κ1) is 20.5. The molecule has 3 rings (SSSR count). The highest BCUT2D eigenvalue weighted by Gasteiger charge is 2.23. The second-order valence-electron chi connectivity index (χ2n) is 7.93. The molecule has 2 saturated carbocycles. The van der Waals surface area contributed by atoms with Crippen LogP contribution in [0.15, 0.2) is 18.2 Å². The third-order valence-electron chi connectivity index (χ3n) is 5.59. The molecule has 27 heavy (non-hydrogen) atoms. The van der Waals surface area contributed by atoms with Crippen LogP contribution in [0, 0.1) is 6.92 Å². The molecule has 1 aromatic carbocycles. The highest BCUT2D eigenvalue weighted by molar-refractivity contribution is 6.20. The Kier molecular flexibility index (Phi) is 7.04. The fourth-order valence-corrected chi connectivity index (χ4v) is 4.48. The Bertz CT molecular complexity index is 625. The molecule has 2 N–H and O–H groups in total. The largest absolute Gasteiger partial charge is 0.349 e. The van der Waals surface area contributed by atoms with Crippen LogP contribution < -0.4 is 10.6 Å². The second-order valence-corrected chi connectivity index (χ2v) is 9.17. The molecule has 0 bridgehead atoms. The minimum atomic E-state index is -0.117. The van der Waals surface area contributed by atoms with E-state index in [9.17, 15) is 9.59 Å². The van der Waals surface area contributed by atoms with Crippen LogP contribution in [0.2, 0.25) is 0 Å². The van der Waals surface area contributed by atoms with Crippen molar-refractivity contribution in [3.8, 4) is 0 Å². The van der Waals surface area contributed by atoms with Gasteiger partial charge in [0.25, 0.3) is 11.8 Å². The van der Waals surface area contributed by atoms with Crippen LogP contribution in [-0.2, 0) is 0 Å². The molecule has 2 fully saturated rings. The van der Waals surface area contributed by atoms with E-state index < -0.39 is 0 Å². The van der Waals surface area contributed by atoms with Gasteiger partial charge >= 0.3 is 0 Å². The molecule has 6 heteroatoms. The van der Waals surface area contributed by atoms with Crippen molar-refractivity contribution in [2.75, 3.05) is 0 Å². The maximum Gasteiger partial charge on any atom is 0.251 e. The number of halogens is 2. The van der Waals surface area contributed by atoms with Gasteiger partial charge < -0.3 is 10.6 Å². The normalized spacial score (nSPS) is 28.4. The van der Waals surface area contributed by atoms with Crippen LogP contribution in [0.25, 0.3) is 0 Å². The molecule has 0 aromatic heterocycles. The lowest BCUT2D eigenvalue weighted by molar-refractivity contribution is 0.0927. The number of alkyl halides is 2. The number of amides is 2. The van der Waals surface area contributed by atoms with Crippen molar-refractivity contribution >= 4 is 35.0 Å². The van der Waals surface area contributed by atoms with Crippen LogP contribution in [0.1, 0.15) is 77.6 Å². The zero-order valence-electron chi connectivity index (χ0n) is 15.8. The van der Waals surface area contributed by atoms with E-state index in [1.807, 2.05) is 19.1 Å². The Morgan fingerprint density at radius 2 is 1.11 bits per heavy atom. The van der Waals surface area contributed by atoms with Crippen molar-refractivity contribution in [1.82, 2.24) is 10.6 Å². The standard InChI is InChI=1S/C21H28Cl2N2O2/c1-13-10-14(20(26)24-18-6-2-16(22)3-7-18)12-15(11-13)21(27)25-19-8-4-17(23)5-9-19/h10-12,16-19H,2-9H2,1H3,(H,24,26)(H,25,27). The van der Waals surface area contributed by atoms with E-state index in [1.54, 1.807) is 6.07 Å². The molecule has 2 aliphatic carbocycles. The van der Waals surface area contributed by atoms with Gasteiger partial charge in [0.05, 0.1) is 0 Å². The van der Waals surface area contributed by atoms with Gasteiger partial charge in [-0.15, -0.1) is 23.2 Å². The van der Waals surface area contributed by atoms with E-state index in [2.05, 4.69) is 10.6 Å². The molecule has 0 aliphatic heterocycles. The van der Waals surface area contributed by atoms with Gasteiger partial charge in [-0.05, 0) is 82.1 Å². The monoisotopic (exact) mass is 410 g/mol. The predicted octanol–water partition coefficient (Wildman–Crippen LogP) is 4.55. The van der Waals surface area contributed by atoms with E-state index >= 15 is 0 Å². The minimum Gasteiger partial charge on any atom is -0.349 e. The number of nitrogens with one attached hydrogen (secondary N) is 2. The maximum atomic E-state index is 12.7. The lowest BCUT2D eigenvalue weighted by Gasteiger charge is -2.26. The highest BCUT2D eigenvalue weighted by Crippen LogP contribution is 2.24. The number of carbonyl (C=O) groups is 2. The summed E-state index contributed by atoms with van der Waals surface area (Å²) in [7, 11) is 0. The van der Waals surface area contributed by atoms with Gasteiger partial charge in [0.1, 0.15) is 0 Å². The summed E-state index contributed by atoms with van der Waals surface area (Å²) >= 11 is 12.3. The third kappa shape index (κ3) is 5.86. The molecular formula is C21H28Cl2N2O2. The smallest absolute Gasteiger partial charge is 0.251 e. The van der Waals surface area contributed by atoms with Gasteiger partial charge in [-0.25, -0.2) is 0 Å². The molecule has 0 atom stereocenters. The van der Waals surface area contributed by atoms with Crippen LogP contribution in [0.4, 0.5) is 0 Å². The Labute approximate surface area is 171 Å². The maximum absolute atomic E-state index is 12.7. The van der Waals surface area contributed by atoms with Crippen molar-refractivity contribution < 1.29 is 9.59 Å². The lowest BCUT2D eigenvalue weighted by atomic mass is 9.94. The number of hydrogen-bond donors (Lipinski definition) is 2. The minimum absolute atomic E-state index is 0.117. The van der Waals surface area contributed by atoms with Crippen molar-refractivity contribution in [2.24, 2.45) is 0 Å². The van der Waals surface area contributed by atoms with E-state index in [-0.39, 0.29) is 34.7 Å². The van der Waals surface area contributed by atoms with Crippen LogP contribution in [0.3, 0.4) is 0 Å². The average molecular weight is 411 g/mol. The molecule has 148 valence electrons. The zero-order valence-corrected chi connectivity index (χ0v) is 17.3. The van der Waals surface area contributed by atoms with E-state index in [1.165, 1.54) is 0 Å². The van der Waals surface area contributed by atoms with Gasteiger partial charge in [-0.1, -0.05) is 0 Å². The van der Waals surface area contributed by atoms with Gasteiger partial charge in [0, 0.05) is 34.0 Å². The molecule has 0 unspecified atom stereocenters. The Balaban J connectivity index is 1.62. The first-order valence-electron chi connectivity index (χ1n) is 9.92. The molecule has 0 saturated heterocycles. The van der Waals surface area contributed by atoms with Gasteiger partial charge in [0.15, 0.2) is 0 Å². The van der Waals surface area contributed by atoms with Gasteiger partial charge in [-0.2, -0.15) is 0 Å². The number of benzene rings is 1. The fraction of sp³-hybridized carbons (Fsp3) is 0.619. The van der Waals surface area contributed by atoms with Crippen molar-refractivity contribution in [2.45, 2.75) is 81.1 Å². The van der Waals surface area contributed by atoms with Gasteiger partial charge in [0.2, 0.25) is 0 Å². The summed E-state index contributed by atoms with van der Waals surface area (Å²) < 4.78 is 0. The lowest BCUT2D eigenvalue weighted by Crippen LogP contribution is -2.39. The first-order chi connectivity index (χ1) is 12.9. The summed E-state index contributed by atoms with van der Waals surface area (Å²) in [5.41, 5.74) is 1.98. The summed E-state index contributed by atoms with van der Waals surface area (Å²) in [6.45, 7) is 1.91. The molecular weight excluding hydrogens is 383 g/mol. The van der Waals surface area contributed by atoms with E-state index in [0.717, 1.165) is 56.9 Å². The molecule has 2 aliphatic rings. The molecule has 0 radical (unpaired) electrons. The summed E-state index contributed by atoms with van der Waals surface area (Å²) in [5.74, 6) is -0.234. The third-order valence-corrected chi connectivity index (χ3v) is 6.46. The molecule has 0 heterocycles. The zero-order chi connectivity index (χ0) is 19.4. The van der Waals surface area contributed by atoms with E-state index in [4.69, 9.17) is 23.2 Å². The fourth-order valence-electron chi connectivity index (χ4n) is 3.98. The average Bonchev–Trinajstić information content (AvgIpc) is 2.65.